The van der Waals surface area contributed by atoms with Crippen LogP contribution >= 0.6 is 15.9 Å². The molecule has 0 unspecified atom stereocenters. The molecule has 0 bridgehead atoms. The van der Waals surface area contributed by atoms with Crippen LogP contribution in [0.5, 0.6) is 0 Å². The molecule has 92 valence electrons. The molecule has 0 atom stereocenters. The van der Waals surface area contributed by atoms with Gasteiger partial charge in [0.15, 0.2) is 0 Å². The summed E-state index contributed by atoms with van der Waals surface area (Å²) in [6.45, 7) is 2.07. The Kier molecular flexibility index (Phi) is 4.18. The smallest absolute Gasteiger partial charge is 0.142 e. The molecule has 0 spiro atoms. The van der Waals surface area contributed by atoms with Crippen molar-refractivity contribution in [1.82, 2.24) is 5.43 Å². The Balaban J connectivity index is 2.24. The van der Waals surface area contributed by atoms with E-state index >= 15 is 0 Å². The Morgan fingerprint density at radius 1 is 1.41 bits per heavy atom. The molecule has 17 heavy (non-hydrogen) atoms. The zero-order chi connectivity index (χ0) is 12.3. The van der Waals surface area contributed by atoms with E-state index in [9.17, 15) is 0 Å². The lowest BCUT2D eigenvalue weighted by Gasteiger charge is -2.10. The summed E-state index contributed by atoms with van der Waals surface area (Å²) >= 11 is 3.50. The van der Waals surface area contributed by atoms with Crippen LogP contribution in [0.1, 0.15) is 36.8 Å². The molecule has 0 aromatic heterocycles. The van der Waals surface area contributed by atoms with E-state index in [2.05, 4.69) is 34.3 Å². The highest BCUT2D eigenvalue weighted by Crippen LogP contribution is 2.22. The summed E-state index contributed by atoms with van der Waals surface area (Å²) in [5.41, 5.74) is 4.97. The number of aliphatic imine (C=N–C) groups is 1. The first kappa shape index (κ1) is 12.6. The van der Waals surface area contributed by atoms with Crippen LogP contribution in [0.3, 0.4) is 0 Å². The van der Waals surface area contributed by atoms with Crippen LogP contribution in [-0.2, 0) is 0 Å². The van der Waals surface area contributed by atoms with Crippen molar-refractivity contribution in [2.45, 2.75) is 38.6 Å². The highest BCUT2D eigenvalue weighted by atomic mass is 79.9. The van der Waals surface area contributed by atoms with Gasteiger partial charge in [-0.05, 0) is 37.5 Å². The maximum absolute atomic E-state index is 5.58. The zero-order valence-electron chi connectivity index (χ0n) is 10.0. The van der Waals surface area contributed by atoms with Crippen molar-refractivity contribution in [3.8, 4) is 0 Å². The average molecular weight is 296 g/mol. The zero-order valence-corrected chi connectivity index (χ0v) is 11.6. The van der Waals surface area contributed by atoms with Gasteiger partial charge in [0.1, 0.15) is 5.84 Å². The molecular formula is C13H18BrN3. The van der Waals surface area contributed by atoms with Gasteiger partial charge < -0.3 is 5.43 Å². The van der Waals surface area contributed by atoms with Gasteiger partial charge in [-0.1, -0.05) is 34.8 Å². The second-order valence-electron chi connectivity index (χ2n) is 4.52. The van der Waals surface area contributed by atoms with Crippen LogP contribution in [-0.4, -0.2) is 11.9 Å². The van der Waals surface area contributed by atoms with Gasteiger partial charge in [-0.2, -0.15) is 0 Å². The van der Waals surface area contributed by atoms with E-state index in [1.165, 1.54) is 31.2 Å². The van der Waals surface area contributed by atoms with Gasteiger partial charge in [-0.3, -0.25) is 4.99 Å². The van der Waals surface area contributed by atoms with Gasteiger partial charge in [0, 0.05) is 10.0 Å². The molecular weight excluding hydrogens is 278 g/mol. The standard InChI is InChI=1S/C13H18BrN3/c1-9-8-10(6-7-12(9)14)13(17-15)16-11-4-2-3-5-11/h6-8,11H,2-5,15H2,1H3,(H,16,17). The minimum atomic E-state index is 0.435. The van der Waals surface area contributed by atoms with E-state index in [4.69, 9.17) is 10.8 Å². The molecule has 0 heterocycles. The molecule has 1 saturated carbocycles. The first-order chi connectivity index (χ1) is 8.20. The van der Waals surface area contributed by atoms with E-state index in [1.807, 2.05) is 12.1 Å². The van der Waals surface area contributed by atoms with E-state index in [1.54, 1.807) is 0 Å². The number of hydrogen-bond donors (Lipinski definition) is 2. The molecule has 0 aliphatic heterocycles. The van der Waals surface area contributed by atoms with E-state index in [0.717, 1.165) is 15.9 Å². The van der Waals surface area contributed by atoms with Gasteiger partial charge in [0.2, 0.25) is 0 Å². The fourth-order valence-electron chi connectivity index (χ4n) is 2.20. The summed E-state index contributed by atoms with van der Waals surface area (Å²) in [5.74, 6) is 6.38. The number of rotatable bonds is 2. The molecule has 1 aromatic carbocycles. The lowest BCUT2D eigenvalue weighted by Crippen LogP contribution is -2.32. The summed E-state index contributed by atoms with van der Waals surface area (Å²) in [4.78, 5) is 4.70. The molecule has 4 heteroatoms. The van der Waals surface area contributed by atoms with Crippen molar-refractivity contribution in [3.63, 3.8) is 0 Å². The molecule has 3 nitrogen and oxygen atoms in total. The van der Waals surface area contributed by atoms with Crippen LogP contribution in [0, 0.1) is 6.92 Å². The number of benzene rings is 1. The third kappa shape index (κ3) is 3.07. The third-order valence-electron chi connectivity index (χ3n) is 3.20. The number of amidine groups is 1. The number of nitrogens with zero attached hydrogens (tertiary/aromatic N) is 1. The van der Waals surface area contributed by atoms with E-state index in [0.29, 0.717) is 6.04 Å². The lowest BCUT2D eigenvalue weighted by atomic mass is 10.1. The topological polar surface area (TPSA) is 50.4 Å². The summed E-state index contributed by atoms with van der Waals surface area (Å²) in [6, 6.07) is 6.60. The van der Waals surface area contributed by atoms with Crippen molar-refractivity contribution in [1.29, 1.82) is 0 Å². The van der Waals surface area contributed by atoms with Crippen molar-refractivity contribution < 1.29 is 0 Å². The van der Waals surface area contributed by atoms with Crippen molar-refractivity contribution in [2.75, 3.05) is 0 Å². The van der Waals surface area contributed by atoms with Crippen molar-refractivity contribution in [3.05, 3.63) is 33.8 Å². The van der Waals surface area contributed by atoms with Gasteiger partial charge in [0.05, 0.1) is 6.04 Å². The average Bonchev–Trinajstić information content (AvgIpc) is 2.82. The molecule has 0 radical (unpaired) electrons. The highest BCUT2D eigenvalue weighted by Gasteiger charge is 2.15. The molecule has 1 aromatic rings. The van der Waals surface area contributed by atoms with E-state index in [-0.39, 0.29) is 0 Å². The maximum Gasteiger partial charge on any atom is 0.142 e. The van der Waals surface area contributed by atoms with Gasteiger partial charge >= 0.3 is 0 Å². The number of aryl methyl sites for hydroxylation is 1. The summed E-state index contributed by atoms with van der Waals surface area (Å²) in [5, 5.41) is 0. The second kappa shape index (κ2) is 5.65. The molecule has 3 N–H and O–H groups in total. The quantitative estimate of drug-likeness (QED) is 0.381. The summed E-state index contributed by atoms with van der Waals surface area (Å²) < 4.78 is 1.11. The fourth-order valence-corrected chi connectivity index (χ4v) is 2.45. The van der Waals surface area contributed by atoms with Crippen LogP contribution in [0.2, 0.25) is 0 Å². The minimum Gasteiger partial charge on any atom is -0.308 e. The van der Waals surface area contributed by atoms with Gasteiger partial charge in [-0.15, -0.1) is 0 Å². The summed E-state index contributed by atoms with van der Waals surface area (Å²) in [6.07, 6.45) is 4.93. The first-order valence-electron chi connectivity index (χ1n) is 6.01. The predicted molar refractivity (Wildman–Crippen MR) is 75.0 cm³/mol. The number of halogens is 1. The maximum atomic E-state index is 5.58. The minimum absolute atomic E-state index is 0.435. The fraction of sp³-hybridized carbons (Fsp3) is 0.462. The predicted octanol–water partition coefficient (Wildman–Crippen LogP) is 2.91. The largest absolute Gasteiger partial charge is 0.308 e. The monoisotopic (exact) mass is 295 g/mol. The number of hydrazine groups is 1. The van der Waals surface area contributed by atoms with Crippen LogP contribution in [0.15, 0.2) is 27.7 Å². The molecule has 1 fully saturated rings. The third-order valence-corrected chi connectivity index (χ3v) is 4.09. The Hall–Kier alpha value is -0.870. The highest BCUT2D eigenvalue weighted by molar-refractivity contribution is 9.10. The Morgan fingerprint density at radius 3 is 2.71 bits per heavy atom. The SMILES string of the molecule is Cc1cc(C(=NC2CCCC2)NN)ccc1Br. The van der Waals surface area contributed by atoms with Crippen LogP contribution in [0.4, 0.5) is 0 Å². The molecule has 0 amide bonds. The molecule has 2 rings (SSSR count). The second-order valence-corrected chi connectivity index (χ2v) is 5.38. The van der Waals surface area contributed by atoms with Gasteiger partial charge in [-0.25, -0.2) is 5.84 Å². The summed E-state index contributed by atoms with van der Waals surface area (Å²) in [7, 11) is 0. The lowest BCUT2D eigenvalue weighted by molar-refractivity contribution is 0.701. The van der Waals surface area contributed by atoms with Crippen molar-refractivity contribution >= 4 is 21.8 Å². The van der Waals surface area contributed by atoms with Crippen LogP contribution in [0.25, 0.3) is 0 Å². The Labute approximate surface area is 111 Å². The van der Waals surface area contributed by atoms with Crippen LogP contribution < -0.4 is 11.3 Å². The van der Waals surface area contributed by atoms with Gasteiger partial charge in [0.25, 0.3) is 0 Å². The number of nitrogens with one attached hydrogen (secondary N) is 1. The Morgan fingerprint density at radius 2 is 2.12 bits per heavy atom. The molecule has 0 saturated heterocycles. The number of hydrogen-bond acceptors (Lipinski definition) is 2. The number of nitrogens with two attached hydrogens (primary N) is 1. The normalized spacial score (nSPS) is 17.5. The molecule has 1 aliphatic rings. The van der Waals surface area contributed by atoms with E-state index < -0.39 is 0 Å². The molecule has 1 aliphatic carbocycles. The Bertz CT molecular complexity index is 423. The first-order valence-corrected chi connectivity index (χ1v) is 6.81. The van der Waals surface area contributed by atoms with Crippen molar-refractivity contribution in [2.24, 2.45) is 10.8 Å².